The van der Waals surface area contributed by atoms with Gasteiger partial charge in [-0.2, -0.15) is 4.98 Å². The Morgan fingerprint density at radius 2 is 1.76 bits per heavy atom. The highest BCUT2D eigenvalue weighted by atomic mass is 16.5. The number of alkyl carbamates (subject to hydrolysis) is 1. The molecule has 2 heterocycles. The van der Waals surface area contributed by atoms with Crippen LogP contribution in [0.1, 0.15) is 42.3 Å². The zero-order valence-electron chi connectivity index (χ0n) is 24.6. The molecule has 42 heavy (non-hydrogen) atoms. The number of pyridine rings is 1. The van der Waals surface area contributed by atoms with Crippen LogP contribution in [0.25, 0.3) is 11.1 Å². The van der Waals surface area contributed by atoms with Crippen LogP contribution in [0.3, 0.4) is 0 Å². The van der Waals surface area contributed by atoms with E-state index in [9.17, 15) is 14.7 Å². The molecule has 0 aliphatic rings. The highest BCUT2D eigenvalue weighted by Crippen LogP contribution is 2.23. The van der Waals surface area contributed by atoms with Crippen LogP contribution in [0.15, 0.2) is 77.5 Å². The van der Waals surface area contributed by atoms with Crippen LogP contribution in [0.4, 0.5) is 10.8 Å². The van der Waals surface area contributed by atoms with Crippen LogP contribution in [0.5, 0.6) is 0 Å². The van der Waals surface area contributed by atoms with Crippen molar-refractivity contribution in [3.63, 3.8) is 0 Å². The topological polar surface area (TPSA) is 121 Å². The average molecular weight is 574 g/mol. The number of benzene rings is 2. The van der Waals surface area contributed by atoms with Gasteiger partial charge in [0.2, 0.25) is 0 Å². The third kappa shape index (κ3) is 8.29. The molecule has 0 spiro atoms. The molecule has 0 saturated heterocycles. The predicted octanol–water partition coefficient (Wildman–Crippen LogP) is 4.68. The Morgan fingerprint density at radius 1 is 1.02 bits per heavy atom. The van der Waals surface area contributed by atoms with Gasteiger partial charge in [-0.1, -0.05) is 44.2 Å². The van der Waals surface area contributed by atoms with Gasteiger partial charge in [-0.3, -0.25) is 9.78 Å². The number of carbonyl (C=O) groups is 2. The van der Waals surface area contributed by atoms with E-state index in [1.54, 1.807) is 47.6 Å². The third-order valence-corrected chi connectivity index (χ3v) is 6.89. The number of nitrogens with zero attached hydrogens (tertiary/aromatic N) is 4. The predicted molar refractivity (Wildman–Crippen MR) is 161 cm³/mol. The van der Waals surface area contributed by atoms with E-state index in [0.717, 1.165) is 17.7 Å². The van der Waals surface area contributed by atoms with E-state index in [0.29, 0.717) is 35.6 Å². The van der Waals surface area contributed by atoms with Gasteiger partial charge in [0, 0.05) is 44.6 Å². The zero-order chi connectivity index (χ0) is 30.1. The molecule has 0 saturated carbocycles. The van der Waals surface area contributed by atoms with Gasteiger partial charge in [-0.15, -0.1) is 0 Å². The Bertz CT molecular complexity index is 1440. The first-order valence-corrected chi connectivity index (χ1v) is 14.2. The maximum atomic E-state index is 13.7. The van der Waals surface area contributed by atoms with E-state index in [1.807, 2.05) is 63.1 Å². The lowest BCUT2D eigenvalue weighted by Gasteiger charge is -2.31. The summed E-state index contributed by atoms with van der Waals surface area (Å²) in [6.45, 7) is 7.24. The van der Waals surface area contributed by atoms with Gasteiger partial charge in [0.1, 0.15) is 12.1 Å². The molecule has 222 valence electrons. The number of nitrogens with one attached hydrogen (secondary N) is 1. The van der Waals surface area contributed by atoms with Gasteiger partial charge in [-0.25, -0.2) is 4.79 Å². The number of carbonyl (C=O) groups excluding carboxylic acids is 2. The fourth-order valence-electron chi connectivity index (χ4n) is 4.53. The number of hydrogen-bond donors (Lipinski definition) is 2. The fourth-order valence-corrected chi connectivity index (χ4v) is 4.53. The number of amides is 2. The van der Waals surface area contributed by atoms with Crippen molar-refractivity contribution in [3.8, 4) is 0 Å². The minimum atomic E-state index is -1.07. The van der Waals surface area contributed by atoms with Crippen molar-refractivity contribution in [3.05, 3.63) is 89.7 Å². The standard InChI is InChI=1S/C32H39N5O5/c1-5-36(4)31-34-26-12-11-25(18-29(26)42-31)30(39)37(19-22(2)3)20-28(38)27(17-23-9-7-6-8-10-23)35-32(40)41-21-24-13-15-33-16-14-24/h6-16,18,22,27-28,38H,5,17,19-21H2,1-4H3,(H,35,40)/t27-,28?/m0/s1. The second-order valence-electron chi connectivity index (χ2n) is 10.7. The van der Waals surface area contributed by atoms with Gasteiger partial charge in [0.15, 0.2) is 5.58 Å². The van der Waals surface area contributed by atoms with Crippen molar-refractivity contribution in [1.29, 1.82) is 0 Å². The van der Waals surface area contributed by atoms with Crippen LogP contribution in [0.2, 0.25) is 0 Å². The number of anilines is 1. The molecule has 4 rings (SSSR count). The molecule has 2 amide bonds. The van der Waals surface area contributed by atoms with E-state index in [-0.39, 0.29) is 25.0 Å². The lowest BCUT2D eigenvalue weighted by Crippen LogP contribution is -2.51. The minimum absolute atomic E-state index is 0.0113. The lowest BCUT2D eigenvalue weighted by molar-refractivity contribution is 0.0493. The summed E-state index contributed by atoms with van der Waals surface area (Å²) in [7, 11) is 1.89. The summed E-state index contributed by atoms with van der Waals surface area (Å²) in [5.74, 6) is -0.101. The van der Waals surface area contributed by atoms with Crippen molar-refractivity contribution in [2.24, 2.45) is 5.92 Å². The number of aliphatic hydroxyl groups is 1. The fraction of sp³-hybridized carbons (Fsp3) is 0.375. The first kappa shape index (κ1) is 30.5. The second kappa shape index (κ2) is 14.5. The Kier molecular flexibility index (Phi) is 10.5. The Hall–Kier alpha value is -4.44. The summed E-state index contributed by atoms with van der Waals surface area (Å²) in [5.41, 5.74) is 3.34. The SMILES string of the molecule is CCN(C)c1nc2ccc(C(=O)N(CC(C)C)CC(O)[C@H](Cc3ccccc3)NC(=O)OCc3ccncc3)cc2o1. The Morgan fingerprint density at radius 3 is 2.45 bits per heavy atom. The van der Waals surface area contributed by atoms with Gasteiger partial charge in [0.05, 0.1) is 12.1 Å². The van der Waals surface area contributed by atoms with E-state index >= 15 is 0 Å². The molecule has 0 radical (unpaired) electrons. The van der Waals surface area contributed by atoms with E-state index < -0.39 is 18.2 Å². The molecular formula is C32H39N5O5. The number of oxazole rings is 1. The summed E-state index contributed by atoms with van der Waals surface area (Å²) < 4.78 is 11.3. The van der Waals surface area contributed by atoms with Gasteiger partial charge in [-0.05, 0) is 60.7 Å². The molecule has 2 atom stereocenters. The van der Waals surface area contributed by atoms with Crippen LogP contribution < -0.4 is 10.2 Å². The number of aromatic nitrogens is 2. The van der Waals surface area contributed by atoms with E-state index in [1.165, 1.54) is 0 Å². The molecule has 2 N–H and O–H groups in total. The molecule has 0 aliphatic carbocycles. The second-order valence-corrected chi connectivity index (χ2v) is 10.7. The molecule has 0 bridgehead atoms. The normalized spacial score (nSPS) is 12.6. The molecule has 0 aliphatic heterocycles. The Labute approximate surface area is 246 Å². The number of hydrogen-bond acceptors (Lipinski definition) is 8. The highest BCUT2D eigenvalue weighted by molar-refractivity contribution is 5.97. The summed E-state index contributed by atoms with van der Waals surface area (Å²) in [5, 5.41) is 14.3. The monoisotopic (exact) mass is 573 g/mol. The van der Waals surface area contributed by atoms with Crippen LogP contribution >= 0.6 is 0 Å². The molecule has 10 heteroatoms. The quantitative estimate of drug-likeness (QED) is 0.237. The summed E-state index contributed by atoms with van der Waals surface area (Å²) in [6.07, 6.45) is 1.88. The van der Waals surface area contributed by atoms with E-state index in [4.69, 9.17) is 9.15 Å². The molecule has 10 nitrogen and oxygen atoms in total. The maximum Gasteiger partial charge on any atom is 0.407 e. The summed E-state index contributed by atoms with van der Waals surface area (Å²) in [6, 6.07) is 18.0. The maximum absolute atomic E-state index is 13.7. The molecule has 0 fully saturated rings. The third-order valence-electron chi connectivity index (χ3n) is 6.89. The summed E-state index contributed by atoms with van der Waals surface area (Å²) >= 11 is 0. The molecule has 2 aromatic carbocycles. The first-order valence-electron chi connectivity index (χ1n) is 14.2. The number of fused-ring (bicyclic) bond motifs is 1. The average Bonchev–Trinajstić information content (AvgIpc) is 3.43. The molecule has 4 aromatic rings. The van der Waals surface area contributed by atoms with Crippen LogP contribution in [0, 0.1) is 5.92 Å². The van der Waals surface area contributed by atoms with Crippen LogP contribution in [-0.4, -0.2) is 70.8 Å². The first-order chi connectivity index (χ1) is 20.2. The Balaban J connectivity index is 1.51. The van der Waals surface area contributed by atoms with Crippen molar-refractivity contribution < 1.29 is 23.8 Å². The van der Waals surface area contributed by atoms with Crippen molar-refractivity contribution >= 4 is 29.1 Å². The minimum Gasteiger partial charge on any atom is -0.445 e. The molecule has 2 aromatic heterocycles. The number of aliphatic hydroxyl groups excluding tert-OH is 1. The van der Waals surface area contributed by atoms with Crippen molar-refractivity contribution in [1.82, 2.24) is 20.2 Å². The number of ether oxygens (including phenoxy) is 1. The van der Waals surface area contributed by atoms with Crippen molar-refractivity contribution in [2.45, 2.75) is 45.9 Å². The van der Waals surface area contributed by atoms with Gasteiger partial charge < -0.3 is 29.4 Å². The largest absolute Gasteiger partial charge is 0.445 e. The van der Waals surface area contributed by atoms with Gasteiger partial charge >= 0.3 is 6.09 Å². The number of rotatable bonds is 13. The van der Waals surface area contributed by atoms with E-state index in [2.05, 4.69) is 15.3 Å². The molecular weight excluding hydrogens is 534 g/mol. The lowest BCUT2D eigenvalue weighted by atomic mass is 10.00. The van der Waals surface area contributed by atoms with Crippen molar-refractivity contribution in [2.75, 3.05) is 31.6 Å². The van der Waals surface area contributed by atoms with Crippen LogP contribution in [-0.2, 0) is 17.8 Å². The zero-order valence-corrected chi connectivity index (χ0v) is 24.6. The smallest absolute Gasteiger partial charge is 0.407 e. The summed E-state index contributed by atoms with van der Waals surface area (Å²) in [4.78, 5) is 38.5. The van der Waals surface area contributed by atoms with Gasteiger partial charge in [0.25, 0.3) is 11.9 Å². The highest BCUT2D eigenvalue weighted by Gasteiger charge is 2.28. The molecule has 1 unspecified atom stereocenters.